The Morgan fingerprint density at radius 2 is 1.86 bits per heavy atom. The van der Waals surface area contributed by atoms with Crippen molar-refractivity contribution in [3.63, 3.8) is 0 Å². The monoisotopic (exact) mass is 425 g/mol. The number of fused-ring (bicyclic) bond motifs is 5. The van der Waals surface area contributed by atoms with E-state index in [0.717, 1.165) is 6.42 Å². The molecule has 4 atom stereocenters. The standard InChI is InChI=1S/C19H20ClN3O4.ClH/c1-27-14-8-13(21)12(20)7-11(14)17(24)22-4-5-23-18(25)15-9-2-3-10(6-9)16(15)19(23)26;/h2-3,7-10,15-16H,4-6,21H2,1H3,(H,22,24);1H. The molecular formula is C19H21Cl2N3O4. The van der Waals surface area contributed by atoms with Gasteiger partial charge in [0.1, 0.15) is 5.75 Å². The molecular weight excluding hydrogens is 405 g/mol. The van der Waals surface area contributed by atoms with E-state index in [4.69, 9.17) is 22.1 Å². The Hall–Kier alpha value is -2.25. The van der Waals surface area contributed by atoms with E-state index in [0.29, 0.717) is 11.4 Å². The van der Waals surface area contributed by atoms with Crippen molar-refractivity contribution in [3.05, 3.63) is 34.9 Å². The molecule has 2 bridgehead atoms. The Morgan fingerprint density at radius 1 is 1.25 bits per heavy atom. The van der Waals surface area contributed by atoms with Crippen LogP contribution < -0.4 is 15.8 Å². The fraction of sp³-hybridized carbons (Fsp3) is 0.421. The van der Waals surface area contributed by atoms with Crippen LogP contribution in [-0.2, 0) is 9.59 Å². The van der Waals surface area contributed by atoms with E-state index in [1.807, 2.05) is 0 Å². The summed E-state index contributed by atoms with van der Waals surface area (Å²) in [6.07, 6.45) is 5.01. The number of nitrogen functional groups attached to an aromatic ring is 1. The summed E-state index contributed by atoms with van der Waals surface area (Å²) in [5, 5.41) is 2.96. The van der Waals surface area contributed by atoms with Crippen LogP contribution in [0.2, 0.25) is 5.02 Å². The molecule has 9 heteroatoms. The maximum atomic E-state index is 12.6. The van der Waals surface area contributed by atoms with Gasteiger partial charge in [-0.3, -0.25) is 19.3 Å². The number of anilines is 1. The first-order valence-corrected chi connectivity index (χ1v) is 9.25. The number of carbonyl (C=O) groups is 3. The van der Waals surface area contributed by atoms with Crippen LogP contribution in [0.1, 0.15) is 16.8 Å². The van der Waals surface area contributed by atoms with Gasteiger partial charge in [-0.15, -0.1) is 12.4 Å². The van der Waals surface area contributed by atoms with Crippen LogP contribution in [0.25, 0.3) is 0 Å². The van der Waals surface area contributed by atoms with E-state index in [2.05, 4.69) is 17.5 Å². The van der Waals surface area contributed by atoms with E-state index in [1.165, 1.54) is 24.1 Å². The molecule has 3 N–H and O–H groups in total. The van der Waals surface area contributed by atoms with Crippen LogP contribution in [0.5, 0.6) is 5.75 Å². The Kier molecular flexibility index (Phi) is 5.59. The topological polar surface area (TPSA) is 102 Å². The minimum Gasteiger partial charge on any atom is -0.496 e. The number of allylic oxidation sites excluding steroid dienone is 2. The SMILES string of the molecule is COc1cc(N)c(Cl)cc1C(=O)NCCN1C(=O)C2C3C=CC(C3)C2C1=O.Cl. The molecule has 1 saturated carbocycles. The summed E-state index contributed by atoms with van der Waals surface area (Å²) in [5.41, 5.74) is 6.28. The second kappa shape index (κ2) is 7.64. The lowest BCUT2D eigenvalue weighted by atomic mass is 9.85. The molecule has 1 aromatic carbocycles. The van der Waals surface area contributed by atoms with Gasteiger partial charge in [-0.2, -0.15) is 0 Å². The second-order valence-corrected chi connectivity index (χ2v) is 7.57. The van der Waals surface area contributed by atoms with Gasteiger partial charge in [0.15, 0.2) is 0 Å². The number of likely N-dealkylation sites (tertiary alicyclic amines) is 1. The number of amides is 3. The number of hydrogen-bond acceptors (Lipinski definition) is 5. The summed E-state index contributed by atoms with van der Waals surface area (Å²) < 4.78 is 5.17. The number of ether oxygens (including phenoxy) is 1. The van der Waals surface area contributed by atoms with Crippen molar-refractivity contribution in [1.82, 2.24) is 10.2 Å². The van der Waals surface area contributed by atoms with E-state index in [9.17, 15) is 14.4 Å². The molecule has 0 spiro atoms. The van der Waals surface area contributed by atoms with Gasteiger partial charge in [-0.05, 0) is 24.3 Å². The van der Waals surface area contributed by atoms with Crippen molar-refractivity contribution in [2.24, 2.45) is 23.7 Å². The van der Waals surface area contributed by atoms with E-state index in [1.54, 1.807) is 0 Å². The first kappa shape index (κ1) is 20.5. The normalized spacial score (nSPS) is 27.0. The molecule has 2 aliphatic carbocycles. The number of rotatable bonds is 5. The van der Waals surface area contributed by atoms with E-state index >= 15 is 0 Å². The summed E-state index contributed by atoms with van der Waals surface area (Å²) in [5.74, 6) is -0.434. The summed E-state index contributed by atoms with van der Waals surface area (Å²) in [4.78, 5) is 39.0. The fourth-order valence-corrected chi connectivity index (χ4v) is 4.64. The Balaban J connectivity index is 0.00000225. The van der Waals surface area contributed by atoms with E-state index in [-0.39, 0.29) is 71.6 Å². The maximum Gasteiger partial charge on any atom is 0.255 e. The summed E-state index contributed by atoms with van der Waals surface area (Å²) in [6, 6.07) is 2.92. The fourth-order valence-electron chi connectivity index (χ4n) is 4.48. The minimum atomic E-state index is -0.408. The van der Waals surface area contributed by atoms with Crippen molar-refractivity contribution in [2.75, 3.05) is 25.9 Å². The smallest absolute Gasteiger partial charge is 0.255 e. The number of nitrogens with two attached hydrogens (primary N) is 1. The lowest BCUT2D eigenvalue weighted by Gasteiger charge is -2.18. The molecule has 4 rings (SSSR count). The van der Waals surface area contributed by atoms with Gasteiger partial charge < -0.3 is 15.8 Å². The highest BCUT2D eigenvalue weighted by Crippen LogP contribution is 2.52. The molecule has 4 unspecified atom stereocenters. The Labute approximate surface area is 173 Å². The first-order chi connectivity index (χ1) is 12.9. The second-order valence-electron chi connectivity index (χ2n) is 7.16. The Bertz CT molecular complexity index is 843. The molecule has 7 nitrogen and oxygen atoms in total. The molecule has 2 fully saturated rings. The van der Waals surface area contributed by atoms with Crippen LogP contribution in [-0.4, -0.2) is 42.8 Å². The third-order valence-corrected chi connectivity index (χ3v) is 6.07. The number of halogens is 2. The van der Waals surface area contributed by atoms with Gasteiger partial charge in [-0.1, -0.05) is 23.8 Å². The van der Waals surface area contributed by atoms with Gasteiger partial charge >= 0.3 is 0 Å². The van der Waals surface area contributed by atoms with Crippen molar-refractivity contribution >= 4 is 47.4 Å². The first-order valence-electron chi connectivity index (χ1n) is 8.87. The zero-order valence-electron chi connectivity index (χ0n) is 15.2. The third kappa shape index (κ3) is 3.12. The molecule has 0 radical (unpaired) electrons. The highest BCUT2D eigenvalue weighted by Gasteiger charge is 2.58. The van der Waals surface area contributed by atoms with Crippen LogP contribution in [0.4, 0.5) is 5.69 Å². The Morgan fingerprint density at radius 3 is 2.43 bits per heavy atom. The highest BCUT2D eigenvalue weighted by molar-refractivity contribution is 6.33. The number of imide groups is 1. The molecule has 1 aromatic rings. The van der Waals surface area contributed by atoms with Crippen molar-refractivity contribution in [3.8, 4) is 5.75 Å². The largest absolute Gasteiger partial charge is 0.496 e. The summed E-state index contributed by atoms with van der Waals surface area (Å²) in [6.45, 7) is 0.310. The van der Waals surface area contributed by atoms with Crippen LogP contribution >= 0.6 is 24.0 Å². The van der Waals surface area contributed by atoms with Gasteiger partial charge in [-0.25, -0.2) is 0 Å². The van der Waals surface area contributed by atoms with Gasteiger partial charge in [0.05, 0.1) is 35.2 Å². The lowest BCUT2D eigenvalue weighted by Crippen LogP contribution is -2.39. The molecule has 3 amide bonds. The van der Waals surface area contributed by atoms with Crippen LogP contribution in [0.15, 0.2) is 24.3 Å². The molecule has 1 heterocycles. The van der Waals surface area contributed by atoms with E-state index < -0.39 is 5.91 Å². The van der Waals surface area contributed by atoms with Gasteiger partial charge in [0.2, 0.25) is 11.8 Å². The number of hydrogen-bond donors (Lipinski definition) is 2. The number of benzene rings is 1. The number of nitrogens with zero attached hydrogens (tertiary/aromatic N) is 1. The minimum absolute atomic E-state index is 0. The third-order valence-electron chi connectivity index (χ3n) is 5.75. The van der Waals surface area contributed by atoms with Gasteiger partial charge in [0.25, 0.3) is 5.91 Å². The van der Waals surface area contributed by atoms with Crippen molar-refractivity contribution < 1.29 is 19.1 Å². The maximum absolute atomic E-state index is 12.6. The number of methoxy groups -OCH3 is 1. The highest BCUT2D eigenvalue weighted by atomic mass is 35.5. The molecule has 1 aliphatic heterocycles. The molecule has 1 saturated heterocycles. The molecule has 3 aliphatic rings. The quantitative estimate of drug-likeness (QED) is 0.426. The predicted octanol–water partition coefficient (Wildman–Crippen LogP) is 1.89. The van der Waals surface area contributed by atoms with Crippen molar-refractivity contribution in [2.45, 2.75) is 6.42 Å². The van der Waals surface area contributed by atoms with Gasteiger partial charge in [0, 0.05) is 19.2 Å². The predicted molar refractivity (Wildman–Crippen MR) is 106 cm³/mol. The molecule has 28 heavy (non-hydrogen) atoms. The van der Waals surface area contributed by atoms with Crippen LogP contribution in [0.3, 0.4) is 0 Å². The lowest BCUT2D eigenvalue weighted by molar-refractivity contribution is -0.140. The average molecular weight is 426 g/mol. The molecule has 150 valence electrons. The van der Waals surface area contributed by atoms with Crippen molar-refractivity contribution in [1.29, 1.82) is 0 Å². The average Bonchev–Trinajstić information content (AvgIpc) is 3.32. The summed E-state index contributed by atoms with van der Waals surface area (Å²) in [7, 11) is 1.43. The number of nitrogens with one attached hydrogen (secondary N) is 1. The zero-order chi connectivity index (χ0) is 19.3. The summed E-state index contributed by atoms with van der Waals surface area (Å²) >= 11 is 5.99. The number of carbonyl (C=O) groups excluding carboxylic acids is 3. The molecule has 0 aromatic heterocycles. The van der Waals surface area contributed by atoms with Crippen LogP contribution in [0, 0.1) is 23.7 Å². The zero-order valence-corrected chi connectivity index (χ0v) is 16.8.